The normalized spacial score (nSPS) is 24.5. The molecule has 1 aromatic carbocycles. The van der Waals surface area contributed by atoms with E-state index in [-0.39, 0.29) is 0 Å². The molecule has 2 fully saturated rings. The lowest BCUT2D eigenvalue weighted by Gasteiger charge is -2.38. The quantitative estimate of drug-likeness (QED) is 0.540. The van der Waals surface area contributed by atoms with Crippen molar-refractivity contribution in [2.75, 3.05) is 0 Å². The van der Waals surface area contributed by atoms with Gasteiger partial charge in [0.2, 0.25) is 6.71 Å². The van der Waals surface area contributed by atoms with Crippen molar-refractivity contribution in [1.29, 1.82) is 0 Å². The zero-order chi connectivity index (χ0) is 15.4. The maximum Gasteiger partial charge on any atom is 0.236 e. The minimum absolute atomic E-state index is 0.719. The molecule has 116 valence electrons. The summed E-state index contributed by atoms with van der Waals surface area (Å²) in [5, 5.41) is 1.55. The molecule has 0 N–H and O–H groups in total. The van der Waals surface area contributed by atoms with E-state index in [0.717, 1.165) is 18.3 Å². The molecule has 0 aromatic heterocycles. The second-order valence-electron chi connectivity index (χ2n) is 7.33. The zero-order valence-corrected chi connectivity index (χ0v) is 15.3. The molecule has 3 rings (SSSR count). The molecule has 0 atom stereocenters. The van der Waals surface area contributed by atoms with Gasteiger partial charge in [-0.15, -0.1) is 5.54 Å². The van der Waals surface area contributed by atoms with Crippen LogP contribution in [-0.2, 0) is 0 Å². The summed E-state index contributed by atoms with van der Waals surface area (Å²) < 4.78 is 0. The van der Waals surface area contributed by atoms with Crippen LogP contribution >= 0.6 is 0 Å². The van der Waals surface area contributed by atoms with Gasteiger partial charge in [0.05, 0.1) is 0 Å². The van der Waals surface area contributed by atoms with Gasteiger partial charge in [-0.3, -0.25) is 0 Å². The van der Waals surface area contributed by atoms with E-state index in [4.69, 9.17) is 0 Å². The van der Waals surface area contributed by atoms with Gasteiger partial charge in [-0.1, -0.05) is 82.7 Å². The Kier molecular flexibility index (Phi) is 5.14. The number of hydrogen-bond donors (Lipinski definition) is 0. The standard InChI is InChI=1S/C20H29BSi/c1-3-22(4-2,20-14-6-5-7-15-20)17-16-21-18-10-8-11-19(21)13-9-12-18/h5-7,14-15,18-19H,3-4,8-13H2,1-2H3. The maximum absolute atomic E-state index is 3.94. The Balaban J connectivity index is 1.89. The van der Waals surface area contributed by atoms with E-state index < -0.39 is 8.07 Å². The first-order chi connectivity index (χ1) is 10.8. The van der Waals surface area contributed by atoms with Crippen LogP contribution in [-0.4, -0.2) is 14.8 Å². The first-order valence-electron chi connectivity index (χ1n) is 9.37. The summed E-state index contributed by atoms with van der Waals surface area (Å²) in [7, 11) is -1.61. The van der Waals surface area contributed by atoms with Gasteiger partial charge in [-0.25, -0.2) is 0 Å². The summed E-state index contributed by atoms with van der Waals surface area (Å²) in [6.45, 7) is 5.44. The monoisotopic (exact) mass is 308 g/mol. The molecule has 1 aromatic rings. The van der Waals surface area contributed by atoms with Crippen molar-refractivity contribution in [2.24, 2.45) is 0 Å². The molecular weight excluding hydrogens is 279 g/mol. The third-order valence-corrected chi connectivity index (χ3v) is 10.8. The van der Waals surface area contributed by atoms with Gasteiger partial charge in [0.15, 0.2) is 8.07 Å². The van der Waals surface area contributed by atoms with Gasteiger partial charge < -0.3 is 0 Å². The Morgan fingerprint density at radius 1 is 0.955 bits per heavy atom. The molecule has 0 aliphatic carbocycles. The largest absolute Gasteiger partial charge is 0.236 e. The van der Waals surface area contributed by atoms with Gasteiger partial charge in [0.1, 0.15) is 0 Å². The summed E-state index contributed by atoms with van der Waals surface area (Å²) in [4.78, 5) is 0. The van der Waals surface area contributed by atoms with Crippen LogP contribution in [0, 0.1) is 11.4 Å². The Bertz CT molecular complexity index is 516. The van der Waals surface area contributed by atoms with Crippen LogP contribution in [0.5, 0.6) is 0 Å². The van der Waals surface area contributed by atoms with Crippen molar-refractivity contribution < 1.29 is 0 Å². The third-order valence-electron chi connectivity index (χ3n) is 6.33. The number of hydrogen-bond acceptors (Lipinski definition) is 0. The van der Waals surface area contributed by atoms with Gasteiger partial charge in [0.25, 0.3) is 0 Å². The molecule has 0 radical (unpaired) electrons. The average molecular weight is 308 g/mol. The van der Waals surface area contributed by atoms with Crippen molar-refractivity contribution in [3.63, 3.8) is 0 Å². The lowest BCUT2D eigenvalue weighted by molar-refractivity contribution is 0.448. The van der Waals surface area contributed by atoms with E-state index in [9.17, 15) is 0 Å². The maximum atomic E-state index is 3.94. The topological polar surface area (TPSA) is 0 Å². The van der Waals surface area contributed by atoms with Crippen LogP contribution in [0.1, 0.15) is 52.4 Å². The Morgan fingerprint density at radius 2 is 1.50 bits per heavy atom. The molecule has 2 aliphatic heterocycles. The van der Waals surface area contributed by atoms with E-state index in [0.29, 0.717) is 0 Å². The summed E-state index contributed by atoms with van der Waals surface area (Å²) in [6.07, 6.45) is 8.66. The Labute approximate surface area is 138 Å². The Hall–Kier alpha value is -0.938. The molecule has 0 saturated carbocycles. The van der Waals surface area contributed by atoms with Crippen LogP contribution in [0.25, 0.3) is 0 Å². The first kappa shape index (κ1) is 15.9. The lowest BCUT2D eigenvalue weighted by atomic mass is 9.28. The van der Waals surface area contributed by atoms with Crippen molar-refractivity contribution >= 4 is 20.0 Å². The molecule has 0 unspecified atom stereocenters. The molecular formula is C20H29BSi. The molecule has 2 heterocycles. The van der Waals surface area contributed by atoms with Crippen LogP contribution in [0.2, 0.25) is 23.7 Å². The zero-order valence-electron chi connectivity index (χ0n) is 14.3. The summed E-state index contributed by atoms with van der Waals surface area (Å²) in [5.41, 5.74) is 3.94. The summed E-state index contributed by atoms with van der Waals surface area (Å²) in [5.74, 6) is 5.70. The summed E-state index contributed by atoms with van der Waals surface area (Å²) >= 11 is 0. The van der Waals surface area contributed by atoms with E-state index >= 15 is 0 Å². The smallest absolute Gasteiger partial charge is 0.161 e. The molecule has 0 nitrogen and oxygen atoms in total. The van der Waals surface area contributed by atoms with E-state index in [2.05, 4.69) is 55.5 Å². The molecule has 2 heteroatoms. The third kappa shape index (κ3) is 3.06. The minimum atomic E-state index is -1.61. The van der Waals surface area contributed by atoms with Crippen LogP contribution in [0.4, 0.5) is 0 Å². The van der Waals surface area contributed by atoms with E-state index in [1.54, 1.807) is 5.19 Å². The number of fused-ring (bicyclic) bond motifs is 2. The molecule has 2 saturated heterocycles. The van der Waals surface area contributed by atoms with Crippen molar-refractivity contribution in [3.05, 3.63) is 30.3 Å². The fraction of sp³-hybridized carbons (Fsp3) is 0.600. The highest BCUT2D eigenvalue weighted by molar-refractivity contribution is 6.99. The molecule has 0 spiro atoms. The number of benzene rings is 1. The van der Waals surface area contributed by atoms with Crippen LogP contribution < -0.4 is 5.19 Å². The highest BCUT2D eigenvalue weighted by atomic mass is 28.3. The molecule has 0 amide bonds. The number of rotatable bonds is 3. The molecule has 2 aliphatic rings. The van der Waals surface area contributed by atoms with Gasteiger partial charge in [-0.2, -0.15) is 5.82 Å². The fourth-order valence-electron chi connectivity index (χ4n) is 4.80. The van der Waals surface area contributed by atoms with Crippen molar-refractivity contribution in [2.45, 2.75) is 76.1 Å². The lowest BCUT2D eigenvalue weighted by Crippen LogP contribution is -2.46. The second kappa shape index (κ2) is 7.09. The van der Waals surface area contributed by atoms with E-state index in [1.807, 2.05) is 0 Å². The Morgan fingerprint density at radius 3 is 2.00 bits per heavy atom. The second-order valence-corrected chi connectivity index (χ2v) is 11.7. The highest BCUT2D eigenvalue weighted by Crippen LogP contribution is 2.46. The van der Waals surface area contributed by atoms with Gasteiger partial charge >= 0.3 is 0 Å². The van der Waals surface area contributed by atoms with Crippen LogP contribution in [0.15, 0.2) is 30.3 Å². The van der Waals surface area contributed by atoms with Gasteiger partial charge in [-0.05, 0) is 28.9 Å². The summed E-state index contributed by atoms with van der Waals surface area (Å²) in [6, 6.07) is 13.7. The SMILES string of the molecule is CC[Si](C#CB1C2CCCC1CCC2)(CC)c1ccccc1. The highest BCUT2D eigenvalue weighted by Gasteiger charge is 2.39. The minimum Gasteiger partial charge on any atom is -0.161 e. The van der Waals surface area contributed by atoms with Crippen molar-refractivity contribution in [1.82, 2.24) is 0 Å². The average Bonchev–Trinajstić information content (AvgIpc) is 2.57. The van der Waals surface area contributed by atoms with Gasteiger partial charge in [0, 0.05) is 0 Å². The predicted molar refractivity (Wildman–Crippen MR) is 102 cm³/mol. The fourth-order valence-corrected chi connectivity index (χ4v) is 7.89. The molecule has 2 bridgehead atoms. The van der Waals surface area contributed by atoms with Crippen LogP contribution in [0.3, 0.4) is 0 Å². The molecule has 22 heavy (non-hydrogen) atoms. The predicted octanol–water partition coefficient (Wildman–Crippen LogP) is 5.07. The van der Waals surface area contributed by atoms with Crippen molar-refractivity contribution in [3.8, 4) is 11.4 Å². The first-order valence-corrected chi connectivity index (χ1v) is 11.8. The van der Waals surface area contributed by atoms with E-state index in [1.165, 1.54) is 50.6 Å².